The summed E-state index contributed by atoms with van der Waals surface area (Å²) in [5.74, 6) is -0.0345. The Morgan fingerprint density at radius 3 is 2.47 bits per heavy atom. The highest BCUT2D eigenvalue weighted by Gasteiger charge is 2.23. The van der Waals surface area contributed by atoms with E-state index < -0.39 is 0 Å². The molecule has 7 heteroatoms. The Morgan fingerprint density at radius 2 is 1.83 bits per heavy atom. The predicted octanol–water partition coefficient (Wildman–Crippen LogP) is 2.63. The Bertz CT molecular complexity index is 923. The summed E-state index contributed by atoms with van der Waals surface area (Å²) < 4.78 is 5.41. The molecule has 2 aromatic rings. The van der Waals surface area contributed by atoms with Crippen molar-refractivity contribution in [1.29, 1.82) is 0 Å². The average Bonchev–Trinajstić information content (AvgIpc) is 3.20. The summed E-state index contributed by atoms with van der Waals surface area (Å²) in [5.41, 5.74) is 4.67. The van der Waals surface area contributed by atoms with Crippen molar-refractivity contribution in [2.75, 3.05) is 56.2 Å². The van der Waals surface area contributed by atoms with Crippen molar-refractivity contribution < 1.29 is 14.3 Å². The number of aryl methyl sites for hydroxylation is 1. The number of hydrogen-bond acceptors (Lipinski definition) is 4. The molecule has 0 saturated carbocycles. The van der Waals surface area contributed by atoms with Crippen LogP contribution < -0.4 is 15.1 Å². The van der Waals surface area contributed by atoms with Crippen LogP contribution in [0.1, 0.15) is 21.5 Å². The molecular formula is C23H28N4O3. The van der Waals surface area contributed by atoms with E-state index in [4.69, 9.17) is 4.74 Å². The number of ether oxygens (including phenoxy) is 1. The molecule has 7 nitrogen and oxygen atoms in total. The summed E-state index contributed by atoms with van der Waals surface area (Å²) in [6.07, 6.45) is 0. The van der Waals surface area contributed by atoms with Gasteiger partial charge < -0.3 is 19.9 Å². The van der Waals surface area contributed by atoms with Gasteiger partial charge in [0, 0.05) is 56.7 Å². The number of anilines is 2. The topological polar surface area (TPSA) is 65.1 Å². The molecule has 0 atom stereocenters. The predicted molar refractivity (Wildman–Crippen MR) is 117 cm³/mol. The second-order valence-electron chi connectivity index (χ2n) is 7.81. The van der Waals surface area contributed by atoms with Crippen molar-refractivity contribution in [3.8, 4) is 0 Å². The zero-order chi connectivity index (χ0) is 21.1. The van der Waals surface area contributed by atoms with Gasteiger partial charge in [0.05, 0.1) is 13.2 Å². The summed E-state index contributed by atoms with van der Waals surface area (Å²) in [6, 6.07) is 13.8. The van der Waals surface area contributed by atoms with E-state index in [0.29, 0.717) is 25.2 Å². The van der Waals surface area contributed by atoms with E-state index in [1.807, 2.05) is 26.1 Å². The Hall–Kier alpha value is -3.06. The molecule has 2 fully saturated rings. The minimum atomic E-state index is -0.0881. The molecule has 158 valence electrons. The largest absolute Gasteiger partial charge is 0.378 e. The van der Waals surface area contributed by atoms with Crippen LogP contribution >= 0.6 is 0 Å². The van der Waals surface area contributed by atoms with Crippen LogP contribution in [-0.4, -0.2) is 63.3 Å². The van der Waals surface area contributed by atoms with Gasteiger partial charge in [-0.2, -0.15) is 0 Å². The van der Waals surface area contributed by atoms with Crippen LogP contribution in [0.3, 0.4) is 0 Å². The molecule has 3 amide bonds. The molecule has 2 heterocycles. The van der Waals surface area contributed by atoms with Crippen molar-refractivity contribution >= 4 is 23.3 Å². The second-order valence-corrected chi connectivity index (χ2v) is 7.81. The van der Waals surface area contributed by atoms with Crippen LogP contribution in [0.2, 0.25) is 0 Å². The van der Waals surface area contributed by atoms with Crippen molar-refractivity contribution in [2.24, 2.45) is 0 Å². The van der Waals surface area contributed by atoms with Gasteiger partial charge >= 0.3 is 6.03 Å². The van der Waals surface area contributed by atoms with Crippen molar-refractivity contribution in [3.05, 3.63) is 59.2 Å². The van der Waals surface area contributed by atoms with Gasteiger partial charge in [-0.15, -0.1) is 0 Å². The maximum Gasteiger partial charge on any atom is 0.322 e. The van der Waals surface area contributed by atoms with Gasteiger partial charge in [0.15, 0.2) is 0 Å². The fraction of sp³-hybridized carbons (Fsp3) is 0.391. The number of rotatable bonds is 5. The first-order valence-corrected chi connectivity index (χ1v) is 10.4. The smallest absolute Gasteiger partial charge is 0.322 e. The van der Waals surface area contributed by atoms with E-state index in [0.717, 1.165) is 43.1 Å². The fourth-order valence-electron chi connectivity index (χ4n) is 3.99. The molecule has 2 aliphatic heterocycles. The number of carbonyl (C=O) groups is 2. The van der Waals surface area contributed by atoms with Gasteiger partial charge in [-0.25, -0.2) is 4.79 Å². The van der Waals surface area contributed by atoms with Crippen LogP contribution in [0, 0.1) is 6.92 Å². The molecule has 4 rings (SSSR count). The first-order chi connectivity index (χ1) is 14.5. The summed E-state index contributed by atoms with van der Waals surface area (Å²) in [4.78, 5) is 30.6. The van der Waals surface area contributed by atoms with Crippen molar-refractivity contribution in [2.45, 2.75) is 13.5 Å². The number of morpholine rings is 1. The highest BCUT2D eigenvalue weighted by molar-refractivity contribution is 5.97. The van der Waals surface area contributed by atoms with Crippen molar-refractivity contribution in [3.63, 3.8) is 0 Å². The zero-order valence-corrected chi connectivity index (χ0v) is 17.6. The first kappa shape index (κ1) is 20.2. The van der Waals surface area contributed by atoms with Gasteiger partial charge in [0.2, 0.25) is 0 Å². The molecule has 2 aromatic carbocycles. The van der Waals surface area contributed by atoms with E-state index in [9.17, 15) is 9.59 Å². The summed E-state index contributed by atoms with van der Waals surface area (Å²) in [7, 11) is 1.81. The van der Waals surface area contributed by atoms with Crippen LogP contribution in [0.5, 0.6) is 0 Å². The van der Waals surface area contributed by atoms with Crippen LogP contribution in [0.25, 0.3) is 0 Å². The number of urea groups is 1. The highest BCUT2D eigenvalue weighted by atomic mass is 16.5. The number of nitrogens with zero attached hydrogens (tertiary/aromatic N) is 3. The summed E-state index contributed by atoms with van der Waals surface area (Å²) in [6.45, 7) is 7.11. The molecular weight excluding hydrogens is 380 g/mol. The minimum Gasteiger partial charge on any atom is -0.378 e. The Kier molecular flexibility index (Phi) is 5.90. The molecule has 0 aliphatic carbocycles. The number of nitrogens with one attached hydrogen (secondary N) is 1. The molecule has 0 aromatic heterocycles. The van der Waals surface area contributed by atoms with Gasteiger partial charge in [-0.3, -0.25) is 9.69 Å². The lowest BCUT2D eigenvalue weighted by molar-refractivity contribution is 0.0785. The maximum atomic E-state index is 12.9. The van der Waals surface area contributed by atoms with E-state index >= 15 is 0 Å². The monoisotopic (exact) mass is 408 g/mol. The van der Waals surface area contributed by atoms with E-state index in [1.54, 1.807) is 15.9 Å². The molecule has 0 spiro atoms. The molecule has 2 aliphatic rings. The first-order valence-electron chi connectivity index (χ1n) is 10.4. The van der Waals surface area contributed by atoms with Gasteiger partial charge in [-0.1, -0.05) is 12.1 Å². The zero-order valence-electron chi connectivity index (χ0n) is 17.6. The van der Waals surface area contributed by atoms with Gasteiger partial charge in [-0.05, 0) is 48.4 Å². The highest BCUT2D eigenvalue weighted by Crippen LogP contribution is 2.24. The Morgan fingerprint density at radius 1 is 1.10 bits per heavy atom. The Labute approximate surface area is 177 Å². The minimum absolute atomic E-state index is 0.0345. The third-order valence-electron chi connectivity index (χ3n) is 5.67. The number of amides is 3. The molecule has 0 bridgehead atoms. The molecule has 30 heavy (non-hydrogen) atoms. The lowest BCUT2D eigenvalue weighted by Gasteiger charge is -2.29. The summed E-state index contributed by atoms with van der Waals surface area (Å²) >= 11 is 0. The third-order valence-corrected chi connectivity index (χ3v) is 5.67. The molecule has 2 saturated heterocycles. The van der Waals surface area contributed by atoms with Gasteiger partial charge in [0.1, 0.15) is 0 Å². The standard InChI is InChI=1S/C23H28N4O3/c1-17-15-19(5-8-21(17)27-10-9-24-23(27)29)22(28)25(2)16-18-3-6-20(7-4-18)26-11-13-30-14-12-26/h3-8,15H,9-14,16H2,1-2H3,(H,24,29). The molecule has 0 unspecified atom stereocenters. The lowest BCUT2D eigenvalue weighted by Crippen LogP contribution is -2.36. The van der Waals surface area contributed by atoms with Crippen LogP contribution in [-0.2, 0) is 11.3 Å². The van der Waals surface area contributed by atoms with Gasteiger partial charge in [0.25, 0.3) is 5.91 Å². The SMILES string of the molecule is Cc1cc(C(=O)N(C)Cc2ccc(N3CCOCC3)cc2)ccc1N1CCNC1=O. The molecule has 0 radical (unpaired) electrons. The van der Waals surface area contributed by atoms with Crippen molar-refractivity contribution in [1.82, 2.24) is 10.2 Å². The van der Waals surface area contributed by atoms with Crippen LogP contribution in [0.15, 0.2) is 42.5 Å². The fourth-order valence-corrected chi connectivity index (χ4v) is 3.99. The quantitative estimate of drug-likeness (QED) is 0.826. The average molecular weight is 409 g/mol. The second kappa shape index (κ2) is 8.75. The number of carbonyl (C=O) groups excluding carboxylic acids is 2. The third kappa shape index (κ3) is 4.26. The van der Waals surface area contributed by atoms with E-state index in [2.05, 4.69) is 34.5 Å². The lowest BCUT2D eigenvalue weighted by atomic mass is 10.1. The number of benzene rings is 2. The van der Waals surface area contributed by atoms with E-state index in [1.165, 1.54) is 5.69 Å². The van der Waals surface area contributed by atoms with Crippen LogP contribution in [0.4, 0.5) is 16.2 Å². The Balaban J connectivity index is 1.41. The number of hydrogen-bond donors (Lipinski definition) is 1. The molecule has 1 N–H and O–H groups in total. The summed E-state index contributed by atoms with van der Waals surface area (Å²) in [5, 5.41) is 2.81. The normalized spacial score (nSPS) is 16.5. The maximum absolute atomic E-state index is 12.9. The van der Waals surface area contributed by atoms with E-state index in [-0.39, 0.29) is 11.9 Å².